The van der Waals surface area contributed by atoms with Crippen LogP contribution in [0, 0.1) is 5.41 Å². The number of aromatic nitrogens is 6. The van der Waals surface area contributed by atoms with E-state index in [1.165, 1.54) is 0 Å². The van der Waals surface area contributed by atoms with Crippen molar-refractivity contribution in [1.82, 2.24) is 40.5 Å². The van der Waals surface area contributed by atoms with E-state index in [-0.39, 0.29) is 41.8 Å². The number of fused-ring (bicyclic) bond motifs is 22. The Hall–Kier alpha value is -8.32. The minimum atomic E-state index is -0.220. The molecule has 0 fully saturated rings. The predicted octanol–water partition coefficient (Wildman–Crippen LogP) is 8.29. The van der Waals surface area contributed by atoms with Crippen molar-refractivity contribution in [1.29, 1.82) is 0 Å². The summed E-state index contributed by atoms with van der Waals surface area (Å²) < 4.78 is 47.9. The smallest absolute Gasteiger partial charge is 0.323 e. The monoisotopic (exact) mass is 1200 g/mol. The topological polar surface area (TPSA) is 257 Å². The molecule has 470 valence electrons. The molecule has 4 aromatic carbocycles. The van der Waals surface area contributed by atoms with Crippen molar-refractivity contribution in [3.05, 3.63) is 107 Å². The molecule has 2 amide bonds. The van der Waals surface area contributed by atoms with Crippen molar-refractivity contribution < 1.29 is 56.5 Å². The quantitative estimate of drug-likeness (QED) is 0.0469. The molecule has 87 heavy (non-hydrogen) atoms. The van der Waals surface area contributed by atoms with Gasteiger partial charge in [0.15, 0.2) is 0 Å². The lowest BCUT2D eigenvalue weighted by Crippen LogP contribution is -2.47. The molecule has 10 rings (SSSR count). The number of nitrogens with zero attached hydrogens (tertiary/aromatic N) is 8. The lowest BCUT2D eigenvalue weighted by molar-refractivity contribution is -0.876. The predicted molar refractivity (Wildman–Crippen MR) is 335 cm³/mol. The van der Waals surface area contributed by atoms with E-state index < -0.39 is 0 Å². The number of hydrogen-bond acceptors (Lipinski definition) is 20. The molecule has 24 nitrogen and oxygen atoms in total. The molecule has 24 heteroatoms. The molecule has 12 bridgehead atoms. The summed E-state index contributed by atoms with van der Waals surface area (Å²) >= 11 is 0. The van der Waals surface area contributed by atoms with Crippen LogP contribution in [-0.4, -0.2) is 185 Å². The zero-order chi connectivity index (χ0) is 62.1. The Morgan fingerprint density at radius 1 is 0.517 bits per heavy atom. The number of rotatable bonds is 13. The summed E-state index contributed by atoms with van der Waals surface area (Å²) in [5.74, 6) is 3.44. The lowest BCUT2D eigenvalue weighted by Gasteiger charge is -2.34. The summed E-state index contributed by atoms with van der Waals surface area (Å²) in [5, 5.41) is 19.0. The number of carbonyl (C=O) groups is 2. The molecule has 4 aliphatic heterocycles. The maximum Gasteiger partial charge on any atom is 0.323 e. The van der Waals surface area contributed by atoms with Gasteiger partial charge < -0.3 is 78.8 Å². The number of anilines is 6. The number of nitrogens with one attached hydrogen (secondary N) is 6. The fourth-order valence-electron chi connectivity index (χ4n) is 9.25. The summed E-state index contributed by atoms with van der Waals surface area (Å²) in [4.78, 5) is 53.2. The molecule has 0 saturated heterocycles. The molecule has 0 spiro atoms. The second kappa shape index (κ2) is 33.0. The van der Waals surface area contributed by atoms with Crippen molar-refractivity contribution in [2.24, 2.45) is 5.41 Å². The highest BCUT2D eigenvalue weighted by atomic mass is 16.6. The fourth-order valence-corrected chi connectivity index (χ4v) is 9.25. The second-order valence-corrected chi connectivity index (χ2v) is 23.7. The first kappa shape index (κ1) is 66.2. The van der Waals surface area contributed by atoms with Gasteiger partial charge in [-0.3, -0.25) is 9.59 Å². The molecule has 6 heterocycles. The number of hydrogen-bond donors (Lipinski definition) is 6. The Balaban J connectivity index is 0.000000249. The first-order valence-corrected chi connectivity index (χ1v) is 29.9. The molecule has 0 saturated carbocycles. The van der Waals surface area contributed by atoms with E-state index in [0.29, 0.717) is 137 Å². The number of carbonyl (C=O) groups excluding carboxylic acids is 2. The number of benzene rings is 4. The van der Waals surface area contributed by atoms with Crippen LogP contribution in [0.4, 0.5) is 35.2 Å². The van der Waals surface area contributed by atoms with Gasteiger partial charge in [0.1, 0.15) is 36.2 Å². The lowest BCUT2D eigenvalue weighted by atomic mass is 9.92. The number of ether oxygens (including phenoxy) is 8. The maximum absolute atomic E-state index is 13.4. The van der Waals surface area contributed by atoms with Crippen LogP contribution < -0.4 is 60.3 Å². The summed E-state index contributed by atoms with van der Waals surface area (Å²) in [7, 11) is 12.7. The van der Waals surface area contributed by atoms with E-state index in [2.05, 4.69) is 118 Å². The SMILES string of the molecule is CCOc1nc2nc(n1)Nc1ccc(C(=O)NCC(C)(C)C[N+](C)(C)C)c(c1)OCCCCCCOc1ccc(cc1)CN2.CCOc1nc2nc(n1)Nc1ccc(C(=O)NCC[N+](C)(C)C)c(c1)OCCOCCOCCOc1ccc(cc1)CN2. The van der Waals surface area contributed by atoms with Crippen molar-refractivity contribution in [3.63, 3.8) is 0 Å². The highest BCUT2D eigenvalue weighted by Crippen LogP contribution is 2.29. The van der Waals surface area contributed by atoms with Crippen LogP contribution in [-0.2, 0) is 22.6 Å². The van der Waals surface area contributed by atoms with E-state index >= 15 is 0 Å². The first-order valence-electron chi connectivity index (χ1n) is 29.9. The third-order valence-electron chi connectivity index (χ3n) is 13.1. The molecule has 4 aliphatic rings. The van der Waals surface area contributed by atoms with Crippen LogP contribution in [0.15, 0.2) is 84.9 Å². The Labute approximate surface area is 512 Å². The average molecular weight is 1200 g/mol. The molecule has 6 N–H and O–H groups in total. The van der Waals surface area contributed by atoms with Crippen LogP contribution in [0.5, 0.6) is 35.0 Å². The van der Waals surface area contributed by atoms with Gasteiger partial charge in [0.05, 0.1) is 126 Å². The molecule has 0 aliphatic carbocycles. The zero-order valence-electron chi connectivity index (χ0n) is 52.4. The highest BCUT2D eigenvalue weighted by molar-refractivity contribution is 5.98. The Kier molecular flexibility index (Phi) is 25.1. The van der Waals surface area contributed by atoms with Gasteiger partial charge in [0.2, 0.25) is 23.8 Å². The van der Waals surface area contributed by atoms with Crippen LogP contribution in [0.1, 0.15) is 85.2 Å². The first-order chi connectivity index (χ1) is 41.8. The third kappa shape index (κ3) is 23.8. The van der Waals surface area contributed by atoms with E-state index in [0.717, 1.165) is 70.4 Å². The van der Waals surface area contributed by atoms with Gasteiger partial charge in [0.25, 0.3) is 11.8 Å². The van der Waals surface area contributed by atoms with E-state index in [1.807, 2.05) is 74.5 Å². The molecular formula is C63H90N14O10+2. The normalized spacial score (nSPS) is 14.7. The van der Waals surface area contributed by atoms with Crippen molar-refractivity contribution >= 4 is 47.0 Å². The van der Waals surface area contributed by atoms with Crippen LogP contribution in [0.3, 0.4) is 0 Å². The molecule has 2 aromatic heterocycles. The third-order valence-corrected chi connectivity index (χ3v) is 13.1. The van der Waals surface area contributed by atoms with Crippen molar-refractivity contribution in [3.8, 4) is 35.0 Å². The van der Waals surface area contributed by atoms with E-state index in [4.69, 9.17) is 37.9 Å². The molecule has 0 atom stereocenters. The van der Waals surface area contributed by atoms with Crippen LogP contribution in [0.25, 0.3) is 0 Å². The largest absolute Gasteiger partial charge is 0.494 e. The van der Waals surface area contributed by atoms with E-state index in [9.17, 15) is 9.59 Å². The molecule has 6 aromatic rings. The van der Waals surface area contributed by atoms with Gasteiger partial charge in [-0.05, 0) is 99.2 Å². The Morgan fingerprint density at radius 3 is 1.44 bits per heavy atom. The van der Waals surface area contributed by atoms with Gasteiger partial charge in [-0.15, -0.1) is 0 Å². The van der Waals surface area contributed by atoms with Gasteiger partial charge in [-0.2, -0.15) is 29.9 Å². The minimum absolute atomic E-state index is 0.0784. The van der Waals surface area contributed by atoms with Gasteiger partial charge in [0, 0.05) is 48.6 Å². The van der Waals surface area contributed by atoms with E-state index in [1.54, 1.807) is 24.3 Å². The summed E-state index contributed by atoms with van der Waals surface area (Å²) in [6.45, 7) is 16.1. The van der Waals surface area contributed by atoms with Gasteiger partial charge in [-0.25, -0.2) is 0 Å². The Morgan fingerprint density at radius 2 is 0.954 bits per heavy atom. The highest BCUT2D eigenvalue weighted by Gasteiger charge is 2.28. The Bertz CT molecular complexity index is 3100. The number of amides is 2. The molecular weight excluding hydrogens is 1110 g/mol. The summed E-state index contributed by atoms with van der Waals surface area (Å²) in [6.07, 6.45) is 3.86. The van der Waals surface area contributed by atoms with Gasteiger partial charge in [-0.1, -0.05) is 38.1 Å². The molecule has 0 radical (unpaired) electrons. The van der Waals surface area contributed by atoms with Gasteiger partial charge >= 0.3 is 12.0 Å². The average Bonchev–Trinajstić information content (AvgIpc) is 3.31. The van der Waals surface area contributed by atoms with Crippen LogP contribution >= 0.6 is 0 Å². The number of quaternary nitrogens is 2. The molecule has 0 unspecified atom stereocenters. The van der Waals surface area contributed by atoms with Crippen molar-refractivity contribution in [2.45, 2.75) is 66.5 Å². The fraction of sp³-hybridized carbons (Fsp3) is 0.492. The second-order valence-electron chi connectivity index (χ2n) is 23.7. The summed E-state index contributed by atoms with van der Waals surface area (Å²) in [6, 6.07) is 26.8. The number of likely N-dealkylation sites (N-methyl/N-ethyl adjacent to an activating group) is 1. The summed E-state index contributed by atoms with van der Waals surface area (Å²) in [5.41, 5.74) is 4.21. The standard InChI is InChI=1S/C33H47N7O4.C30H41N7O6/c1-7-42-32-38-30-34-21-24-12-15-26(16-13-24)43-18-10-8-9-11-19-44-28-20-25(36-31(37-30)39-32)14-17-27(28)29(41)35-22-33(2,3)23-40(4,5)6;1-5-41-30-35-28-32-21-22-6-9-24(10-7-22)42-18-16-39-14-15-40-17-19-43-26-20-23(33-29(34-28)36-30)8-11-25(26)27(38)31-12-13-37(2,3)4/h12-17,20H,7-11,18-19,21-23H2,1-6H3,(H2-,34,35,36,37,38,39,41);6-11,20H,5,12-19,21H2,1-4H3,(H2-,31,32,33,34,35,36,38)/p+2. The minimum Gasteiger partial charge on any atom is -0.494 e. The zero-order valence-corrected chi connectivity index (χ0v) is 52.4. The van der Waals surface area contributed by atoms with Crippen molar-refractivity contribution in [2.75, 3.05) is 156 Å². The van der Waals surface area contributed by atoms with Crippen LogP contribution in [0.2, 0.25) is 0 Å². The maximum atomic E-state index is 13.4.